The lowest BCUT2D eigenvalue weighted by atomic mass is 10.0. The maximum Gasteiger partial charge on any atom is 0.179 e. The predicted molar refractivity (Wildman–Crippen MR) is 54.8 cm³/mol. The minimum absolute atomic E-state index is 0.444. The number of likely N-dealkylation sites (tertiary alicyclic amines) is 1. The molecule has 1 aromatic rings. The number of nitriles is 1. The average Bonchev–Trinajstić information content (AvgIpc) is 2.16. The first-order valence-electron chi connectivity index (χ1n) is 4.77. The van der Waals surface area contributed by atoms with E-state index < -0.39 is 0 Å². The molecule has 5 nitrogen and oxygen atoms in total. The molecule has 15 heavy (non-hydrogen) atoms. The Kier molecular flexibility index (Phi) is 2.59. The molecule has 0 amide bonds. The van der Waals surface area contributed by atoms with E-state index in [1.165, 1.54) is 0 Å². The van der Waals surface area contributed by atoms with E-state index in [9.17, 15) is 0 Å². The number of hydrogen-bond acceptors (Lipinski definition) is 5. The molecule has 2 N–H and O–H groups in total. The number of nitrogens with zero attached hydrogens (tertiary/aromatic N) is 3. The summed E-state index contributed by atoms with van der Waals surface area (Å²) in [5.41, 5.74) is 5.51. The van der Waals surface area contributed by atoms with Crippen molar-refractivity contribution in [2.75, 3.05) is 25.4 Å². The zero-order valence-electron chi connectivity index (χ0n) is 8.26. The minimum Gasteiger partial charge on any atom is -0.493 e. The molecule has 1 saturated heterocycles. The third kappa shape index (κ3) is 2.29. The lowest BCUT2D eigenvalue weighted by molar-refractivity contribution is 0.110. The summed E-state index contributed by atoms with van der Waals surface area (Å²) in [6, 6.07) is 3.47. The molecule has 2 heterocycles. The molecule has 0 saturated carbocycles. The van der Waals surface area contributed by atoms with Gasteiger partial charge in [-0.25, -0.2) is 4.98 Å². The van der Waals surface area contributed by atoms with Crippen molar-refractivity contribution in [3.8, 4) is 11.9 Å². The number of anilines is 1. The van der Waals surface area contributed by atoms with E-state index in [1.807, 2.05) is 0 Å². The number of nitrogens with two attached hydrogens (primary N) is 1. The Morgan fingerprint density at radius 1 is 1.67 bits per heavy atom. The van der Waals surface area contributed by atoms with Crippen molar-refractivity contribution in [1.29, 1.82) is 5.26 Å². The zero-order chi connectivity index (χ0) is 10.7. The Bertz CT molecular complexity index is 381. The normalized spacial score (nSPS) is 15.5. The number of hydrogen-bond donors (Lipinski definition) is 1. The summed E-state index contributed by atoms with van der Waals surface area (Å²) in [5.74, 6) is 1.64. The van der Waals surface area contributed by atoms with Crippen molar-refractivity contribution in [1.82, 2.24) is 9.88 Å². The quantitative estimate of drug-likeness (QED) is 0.724. The molecule has 2 rings (SSSR count). The monoisotopic (exact) mass is 204 g/mol. The highest BCUT2D eigenvalue weighted by Crippen LogP contribution is 2.17. The van der Waals surface area contributed by atoms with Crippen LogP contribution in [0.15, 0.2) is 18.3 Å². The number of aromatic nitrogens is 1. The van der Waals surface area contributed by atoms with Crippen LogP contribution >= 0.6 is 0 Å². The van der Waals surface area contributed by atoms with E-state index in [0.29, 0.717) is 18.3 Å². The highest BCUT2D eigenvalue weighted by Gasteiger charge is 2.26. The smallest absolute Gasteiger partial charge is 0.179 e. The SMILES string of the molecule is N#CN1CC(COc2ccnc(N)c2)C1. The molecule has 1 aliphatic heterocycles. The first kappa shape index (κ1) is 9.59. The van der Waals surface area contributed by atoms with Gasteiger partial charge in [-0.3, -0.25) is 0 Å². The predicted octanol–water partition coefficient (Wildman–Crippen LogP) is 0.455. The molecule has 1 aliphatic rings. The van der Waals surface area contributed by atoms with Gasteiger partial charge in [0.05, 0.1) is 6.61 Å². The first-order chi connectivity index (χ1) is 7.28. The highest BCUT2D eigenvalue weighted by atomic mass is 16.5. The lowest BCUT2D eigenvalue weighted by Gasteiger charge is -2.34. The van der Waals surface area contributed by atoms with Gasteiger partial charge in [0.25, 0.3) is 0 Å². The van der Waals surface area contributed by atoms with Gasteiger partial charge in [0.2, 0.25) is 0 Å². The molecule has 78 valence electrons. The van der Waals surface area contributed by atoms with Crippen molar-refractivity contribution < 1.29 is 4.74 Å². The molecule has 0 radical (unpaired) electrons. The molecule has 0 aliphatic carbocycles. The van der Waals surface area contributed by atoms with Gasteiger partial charge in [-0.05, 0) is 6.07 Å². The number of ether oxygens (including phenoxy) is 1. The van der Waals surface area contributed by atoms with Crippen LogP contribution in [0.2, 0.25) is 0 Å². The van der Waals surface area contributed by atoms with E-state index in [0.717, 1.165) is 18.8 Å². The van der Waals surface area contributed by atoms with Gasteiger partial charge in [0.15, 0.2) is 6.19 Å². The zero-order valence-corrected chi connectivity index (χ0v) is 8.26. The molecule has 0 spiro atoms. The highest BCUT2D eigenvalue weighted by molar-refractivity contribution is 5.35. The maximum absolute atomic E-state index is 8.54. The molecule has 1 fully saturated rings. The van der Waals surface area contributed by atoms with Crippen LogP contribution in [0.1, 0.15) is 0 Å². The van der Waals surface area contributed by atoms with Crippen LogP contribution in [-0.2, 0) is 0 Å². The Balaban J connectivity index is 1.78. The fraction of sp³-hybridized carbons (Fsp3) is 0.400. The second-order valence-electron chi connectivity index (χ2n) is 3.60. The molecule has 0 bridgehead atoms. The molecule has 5 heteroatoms. The van der Waals surface area contributed by atoms with Crippen LogP contribution in [0.3, 0.4) is 0 Å². The van der Waals surface area contributed by atoms with Gasteiger partial charge in [-0.1, -0.05) is 0 Å². The minimum atomic E-state index is 0.444. The Hall–Kier alpha value is -1.96. The summed E-state index contributed by atoms with van der Waals surface area (Å²) in [6.45, 7) is 2.20. The largest absolute Gasteiger partial charge is 0.493 e. The Labute approximate surface area is 88.1 Å². The number of nitrogen functional groups attached to an aromatic ring is 1. The van der Waals surface area contributed by atoms with Crippen LogP contribution in [0, 0.1) is 17.4 Å². The number of rotatable bonds is 3. The van der Waals surface area contributed by atoms with Gasteiger partial charge in [0, 0.05) is 31.3 Å². The van der Waals surface area contributed by atoms with Crippen LogP contribution in [0.4, 0.5) is 5.82 Å². The first-order valence-corrected chi connectivity index (χ1v) is 4.77. The Morgan fingerprint density at radius 2 is 2.47 bits per heavy atom. The summed E-state index contributed by atoms with van der Waals surface area (Å²) >= 11 is 0. The van der Waals surface area contributed by atoms with Crippen molar-refractivity contribution in [3.05, 3.63) is 18.3 Å². The molecule has 0 aromatic carbocycles. The lowest BCUT2D eigenvalue weighted by Crippen LogP contribution is -2.46. The van der Waals surface area contributed by atoms with Crippen molar-refractivity contribution in [2.24, 2.45) is 5.92 Å². The second-order valence-corrected chi connectivity index (χ2v) is 3.60. The third-order valence-electron chi connectivity index (χ3n) is 2.34. The van der Waals surface area contributed by atoms with Gasteiger partial charge in [-0.2, -0.15) is 5.26 Å². The van der Waals surface area contributed by atoms with Crippen molar-refractivity contribution in [2.45, 2.75) is 0 Å². The van der Waals surface area contributed by atoms with E-state index in [4.69, 9.17) is 15.7 Å². The fourth-order valence-electron chi connectivity index (χ4n) is 1.49. The van der Waals surface area contributed by atoms with Gasteiger partial charge >= 0.3 is 0 Å². The van der Waals surface area contributed by atoms with Crippen LogP contribution in [-0.4, -0.2) is 29.6 Å². The number of pyridine rings is 1. The van der Waals surface area contributed by atoms with Crippen molar-refractivity contribution >= 4 is 5.82 Å². The van der Waals surface area contributed by atoms with E-state index in [2.05, 4.69) is 11.2 Å². The molecule has 0 unspecified atom stereocenters. The molecular weight excluding hydrogens is 192 g/mol. The maximum atomic E-state index is 8.54. The van der Waals surface area contributed by atoms with Gasteiger partial charge in [-0.15, -0.1) is 0 Å². The van der Waals surface area contributed by atoms with Gasteiger partial charge in [0.1, 0.15) is 11.6 Å². The van der Waals surface area contributed by atoms with Crippen LogP contribution in [0.25, 0.3) is 0 Å². The summed E-state index contributed by atoms with van der Waals surface area (Å²) in [4.78, 5) is 5.58. The van der Waals surface area contributed by atoms with Crippen LogP contribution in [0.5, 0.6) is 5.75 Å². The Morgan fingerprint density at radius 3 is 3.13 bits per heavy atom. The fourth-order valence-corrected chi connectivity index (χ4v) is 1.49. The molecular formula is C10H12N4O. The topological polar surface area (TPSA) is 75.2 Å². The van der Waals surface area contributed by atoms with E-state index >= 15 is 0 Å². The molecule has 0 atom stereocenters. The van der Waals surface area contributed by atoms with E-state index in [-0.39, 0.29) is 0 Å². The van der Waals surface area contributed by atoms with Crippen LogP contribution < -0.4 is 10.5 Å². The third-order valence-corrected chi connectivity index (χ3v) is 2.34. The molecule has 1 aromatic heterocycles. The summed E-state index contributed by atoms with van der Waals surface area (Å²) in [7, 11) is 0. The van der Waals surface area contributed by atoms with Gasteiger partial charge < -0.3 is 15.4 Å². The summed E-state index contributed by atoms with van der Waals surface area (Å²) in [5, 5.41) is 8.54. The summed E-state index contributed by atoms with van der Waals surface area (Å²) in [6.07, 6.45) is 3.70. The average molecular weight is 204 g/mol. The second kappa shape index (κ2) is 4.05. The van der Waals surface area contributed by atoms with Crippen molar-refractivity contribution in [3.63, 3.8) is 0 Å². The standard InChI is InChI=1S/C10H12N4O/c11-7-14-4-8(5-14)6-15-9-1-2-13-10(12)3-9/h1-3,8H,4-6H2,(H2,12,13). The summed E-state index contributed by atoms with van der Waals surface area (Å²) < 4.78 is 5.53. The van der Waals surface area contributed by atoms with E-state index in [1.54, 1.807) is 23.2 Å².